The van der Waals surface area contributed by atoms with Crippen LogP contribution in [-0.2, 0) is 0 Å². The van der Waals surface area contributed by atoms with Gasteiger partial charge in [0.2, 0.25) is 0 Å². The second-order valence-corrected chi connectivity index (χ2v) is 8.93. The molecule has 1 heterocycles. The molecule has 1 aliphatic carbocycles. The van der Waals surface area contributed by atoms with Crippen molar-refractivity contribution in [2.24, 2.45) is 5.92 Å². The molecule has 7 heteroatoms. The van der Waals surface area contributed by atoms with E-state index < -0.39 is 0 Å². The summed E-state index contributed by atoms with van der Waals surface area (Å²) in [6.07, 6.45) is 13.2. The number of nitrogens with one attached hydrogen (secondary N) is 2. The predicted octanol–water partition coefficient (Wildman–Crippen LogP) is 6.15. The van der Waals surface area contributed by atoms with Crippen LogP contribution in [0, 0.1) is 5.92 Å². The van der Waals surface area contributed by atoms with Crippen LogP contribution in [0.2, 0.25) is 5.02 Å². The highest BCUT2D eigenvalue weighted by Gasteiger charge is 2.08. The summed E-state index contributed by atoms with van der Waals surface area (Å²) in [6.45, 7) is 2.65. The van der Waals surface area contributed by atoms with Crippen molar-refractivity contribution < 1.29 is 4.79 Å². The van der Waals surface area contributed by atoms with Crippen LogP contribution >= 0.6 is 34.7 Å². The molecule has 0 radical (unpaired) electrons. The monoisotopic (exact) mass is 417 g/mol. The maximum absolute atomic E-state index is 12.1. The molecule has 140 valence electrons. The van der Waals surface area contributed by atoms with Gasteiger partial charge in [-0.3, -0.25) is 5.32 Å². The van der Waals surface area contributed by atoms with Crippen molar-refractivity contribution in [1.82, 2.24) is 10.3 Å². The minimum atomic E-state index is -0.266. The van der Waals surface area contributed by atoms with Crippen LogP contribution in [-0.4, -0.2) is 17.6 Å². The number of aromatic nitrogens is 1. The number of halogens is 1. The molecule has 2 aromatic rings. The Morgan fingerprint density at radius 1 is 1.44 bits per heavy atom. The van der Waals surface area contributed by atoms with Gasteiger partial charge in [-0.1, -0.05) is 78.1 Å². The Hall–Kier alpha value is -2.02. The lowest BCUT2D eigenvalue weighted by Crippen LogP contribution is -2.30. The maximum Gasteiger partial charge on any atom is 0.321 e. The van der Waals surface area contributed by atoms with Gasteiger partial charge >= 0.3 is 6.03 Å². The number of thiazole rings is 1. The molecule has 1 aromatic heterocycles. The number of carbonyl (C=O) groups excluding carboxylic acids is 1. The molecule has 2 N–H and O–H groups in total. The van der Waals surface area contributed by atoms with Crippen LogP contribution < -0.4 is 10.6 Å². The topological polar surface area (TPSA) is 54.0 Å². The number of anilines is 1. The number of nitrogens with zero attached hydrogens (tertiary/aromatic N) is 1. The van der Waals surface area contributed by atoms with Gasteiger partial charge in [-0.2, -0.15) is 0 Å². The summed E-state index contributed by atoms with van der Waals surface area (Å²) >= 11 is 9.00. The molecule has 0 saturated heterocycles. The van der Waals surface area contributed by atoms with Crippen LogP contribution in [0.4, 0.5) is 9.93 Å². The number of hydrogen-bond donors (Lipinski definition) is 2. The quantitative estimate of drug-likeness (QED) is 0.613. The van der Waals surface area contributed by atoms with Gasteiger partial charge in [0.15, 0.2) is 5.13 Å². The van der Waals surface area contributed by atoms with E-state index in [1.54, 1.807) is 18.0 Å². The smallest absolute Gasteiger partial charge is 0.321 e. The van der Waals surface area contributed by atoms with Gasteiger partial charge in [0.25, 0.3) is 0 Å². The summed E-state index contributed by atoms with van der Waals surface area (Å²) in [4.78, 5) is 17.4. The SMILES string of the molecule is CC1\C=C/C=C(CNC(=O)Nc2ncc(Sc3cccc(Cl)c3)s2)\C=C\C1. The highest BCUT2D eigenvalue weighted by atomic mass is 35.5. The Morgan fingerprint density at radius 2 is 2.33 bits per heavy atom. The van der Waals surface area contributed by atoms with E-state index in [9.17, 15) is 4.79 Å². The lowest BCUT2D eigenvalue weighted by molar-refractivity contribution is 0.253. The number of amides is 2. The fourth-order valence-corrected chi connectivity index (χ4v) is 4.55. The standard InChI is InChI=1S/C20H20ClN3OS2/c1-14-5-2-7-15(8-3-6-14)12-22-19(25)24-20-23-13-18(27-20)26-17-10-4-9-16(21)11-17/h2-5,7-11,13-14H,6,12H2,1H3,(H2,22,23,24,25)/b5-2-,8-3+,15-7+. The normalized spacial score (nSPS) is 20.7. The summed E-state index contributed by atoms with van der Waals surface area (Å²) in [5, 5.41) is 6.91. The van der Waals surface area contributed by atoms with E-state index in [0.29, 0.717) is 22.6 Å². The lowest BCUT2D eigenvalue weighted by Gasteiger charge is -2.08. The molecule has 1 atom stereocenters. The predicted molar refractivity (Wildman–Crippen MR) is 115 cm³/mol. The average molecular weight is 418 g/mol. The minimum absolute atomic E-state index is 0.266. The molecule has 2 amide bonds. The van der Waals surface area contributed by atoms with Crippen LogP contribution in [0.5, 0.6) is 0 Å². The van der Waals surface area contributed by atoms with Crippen molar-refractivity contribution >= 4 is 45.9 Å². The zero-order valence-corrected chi connectivity index (χ0v) is 17.2. The van der Waals surface area contributed by atoms with E-state index in [1.807, 2.05) is 36.4 Å². The Kier molecular flexibility index (Phi) is 7.15. The van der Waals surface area contributed by atoms with Gasteiger partial charge < -0.3 is 5.32 Å². The molecule has 27 heavy (non-hydrogen) atoms. The molecule has 3 rings (SSSR count). The molecule has 0 aliphatic heterocycles. The van der Waals surface area contributed by atoms with Crippen molar-refractivity contribution in [3.8, 4) is 0 Å². The summed E-state index contributed by atoms with van der Waals surface area (Å²) < 4.78 is 0.984. The number of carbonyl (C=O) groups is 1. The van der Waals surface area contributed by atoms with Crippen LogP contribution in [0.25, 0.3) is 0 Å². The van der Waals surface area contributed by atoms with E-state index >= 15 is 0 Å². The first kappa shape index (κ1) is 19.7. The highest BCUT2D eigenvalue weighted by molar-refractivity contribution is 8.01. The molecule has 0 spiro atoms. The van der Waals surface area contributed by atoms with E-state index in [1.165, 1.54) is 11.3 Å². The van der Waals surface area contributed by atoms with Gasteiger partial charge in [0.05, 0.1) is 10.4 Å². The summed E-state index contributed by atoms with van der Waals surface area (Å²) in [5.41, 5.74) is 1.06. The van der Waals surface area contributed by atoms with E-state index in [2.05, 4.69) is 40.8 Å². The number of allylic oxidation sites excluding steroid dienone is 4. The molecule has 0 bridgehead atoms. The van der Waals surface area contributed by atoms with Crippen molar-refractivity contribution in [2.45, 2.75) is 22.4 Å². The summed E-state index contributed by atoms with van der Waals surface area (Å²) in [6, 6.07) is 7.37. The van der Waals surface area contributed by atoms with Crippen LogP contribution in [0.1, 0.15) is 13.3 Å². The Bertz CT molecular complexity index is 889. The Balaban J connectivity index is 1.50. The largest absolute Gasteiger partial charge is 0.334 e. The molecule has 1 unspecified atom stereocenters. The minimum Gasteiger partial charge on any atom is -0.334 e. The van der Waals surface area contributed by atoms with E-state index in [0.717, 1.165) is 21.1 Å². The lowest BCUT2D eigenvalue weighted by atomic mass is 10.0. The third-order valence-corrected chi connectivity index (χ3v) is 6.00. The zero-order valence-electron chi connectivity index (χ0n) is 14.8. The van der Waals surface area contributed by atoms with Crippen molar-refractivity contribution in [3.63, 3.8) is 0 Å². The van der Waals surface area contributed by atoms with Gasteiger partial charge in [-0.05, 0) is 36.1 Å². The highest BCUT2D eigenvalue weighted by Crippen LogP contribution is 2.34. The fourth-order valence-electron chi connectivity index (χ4n) is 2.39. The fraction of sp³-hybridized carbons (Fsp3) is 0.200. The van der Waals surface area contributed by atoms with E-state index in [4.69, 9.17) is 11.6 Å². The van der Waals surface area contributed by atoms with Gasteiger partial charge in [-0.25, -0.2) is 9.78 Å². The molecule has 4 nitrogen and oxygen atoms in total. The maximum atomic E-state index is 12.1. The van der Waals surface area contributed by atoms with Gasteiger partial charge in [0, 0.05) is 16.5 Å². The molecular formula is C20H20ClN3OS2. The van der Waals surface area contributed by atoms with E-state index in [-0.39, 0.29) is 6.03 Å². The first-order chi connectivity index (χ1) is 13.1. The number of rotatable bonds is 5. The zero-order chi connectivity index (χ0) is 19.1. The van der Waals surface area contributed by atoms with Crippen molar-refractivity contribution in [3.05, 3.63) is 71.4 Å². The molecule has 0 fully saturated rings. The Morgan fingerprint density at radius 3 is 3.19 bits per heavy atom. The summed E-state index contributed by atoms with van der Waals surface area (Å²) in [7, 11) is 0. The third kappa shape index (κ3) is 6.57. The first-order valence-corrected chi connectivity index (χ1v) is 10.6. The van der Waals surface area contributed by atoms with Crippen LogP contribution in [0.3, 0.4) is 0 Å². The average Bonchev–Trinajstić information content (AvgIpc) is 3.03. The van der Waals surface area contributed by atoms with Crippen molar-refractivity contribution in [2.75, 3.05) is 11.9 Å². The Labute approximate surface area is 172 Å². The van der Waals surface area contributed by atoms with Gasteiger partial charge in [0.1, 0.15) is 0 Å². The second kappa shape index (κ2) is 9.78. The second-order valence-electron chi connectivity index (χ2n) is 6.09. The third-order valence-electron chi connectivity index (χ3n) is 3.76. The van der Waals surface area contributed by atoms with Gasteiger partial charge in [-0.15, -0.1) is 0 Å². The number of urea groups is 1. The number of hydrogen-bond acceptors (Lipinski definition) is 4. The molecule has 1 aliphatic rings. The summed E-state index contributed by atoms with van der Waals surface area (Å²) in [5.74, 6) is 0.541. The van der Waals surface area contributed by atoms with Crippen LogP contribution in [0.15, 0.2) is 75.5 Å². The number of benzene rings is 1. The first-order valence-electron chi connectivity index (χ1n) is 8.56. The molecular weight excluding hydrogens is 398 g/mol. The van der Waals surface area contributed by atoms with Crippen molar-refractivity contribution in [1.29, 1.82) is 0 Å². The molecule has 1 aromatic carbocycles. The molecule has 0 saturated carbocycles.